The first-order chi connectivity index (χ1) is 8.69. The molecule has 1 rings (SSSR count). The number of rotatable bonds is 2. The molecule has 0 bridgehead atoms. The Hall–Kier alpha value is -2.33. The fourth-order valence-electron chi connectivity index (χ4n) is 1.24. The van der Waals surface area contributed by atoms with Gasteiger partial charge in [-0.1, -0.05) is 25.6 Å². The number of carboxylic acid groups (broad SMARTS) is 1. The number of hydrogen-bond acceptors (Lipinski definition) is 3. The molecule has 0 aliphatic carbocycles. The number of anilines is 1. The topological polar surface area (TPSA) is 92.5 Å². The molecule has 0 aliphatic rings. The highest BCUT2D eigenvalue weighted by Gasteiger charge is 2.16. The molecule has 19 heavy (non-hydrogen) atoms. The first-order valence-corrected chi connectivity index (χ1v) is 9.00. The van der Waals surface area contributed by atoms with Gasteiger partial charge in [0.1, 0.15) is 13.8 Å². The monoisotopic (exact) mass is 278 g/mol. The Labute approximate surface area is 111 Å². The number of nitro groups is 1. The third-order valence-electron chi connectivity index (χ3n) is 2.02. The molecule has 0 aromatic heterocycles. The van der Waals surface area contributed by atoms with E-state index in [0.29, 0.717) is 5.56 Å². The van der Waals surface area contributed by atoms with Crippen molar-refractivity contribution in [3.63, 3.8) is 0 Å². The molecule has 0 saturated heterocycles. The van der Waals surface area contributed by atoms with Gasteiger partial charge in [0.15, 0.2) is 0 Å². The summed E-state index contributed by atoms with van der Waals surface area (Å²) in [5, 5.41) is 21.5. The lowest BCUT2D eigenvalue weighted by Gasteiger charge is -2.04. The normalized spacial score (nSPS) is 10.3. The van der Waals surface area contributed by atoms with E-state index in [4.69, 9.17) is 5.11 Å². The zero-order chi connectivity index (χ0) is 14.6. The fourth-order valence-corrected chi connectivity index (χ4v) is 1.76. The van der Waals surface area contributed by atoms with Gasteiger partial charge in [0, 0.05) is 11.6 Å². The summed E-state index contributed by atoms with van der Waals surface area (Å²) in [6.07, 6.45) is -1.34. The molecule has 1 amide bonds. The van der Waals surface area contributed by atoms with E-state index in [9.17, 15) is 14.9 Å². The van der Waals surface area contributed by atoms with E-state index in [1.54, 1.807) is 6.07 Å². The average Bonchev–Trinajstić information content (AvgIpc) is 2.25. The van der Waals surface area contributed by atoms with Crippen molar-refractivity contribution in [2.75, 3.05) is 5.32 Å². The summed E-state index contributed by atoms with van der Waals surface area (Å²) in [7, 11) is -1.57. The Balaban J connectivity index is 3.19. The quantitative estimate of drug-likeness (QED) is 0.376. The molecule has 1 aromatic carbocycles. The minimum Gasteiger partial charge on any atom is -0.465 e. The van der Waals surface area contributed by atoms with Crippen LogP contribution in [0.5, 0.6) is 0 Å². The van der Waals surface area contributed by atoms with E-state index in [-0.39, 0.29) is 11.4 Å². The highest BCUT2D eigenvalue weighted by atomic mass is 28.3. The van der Waals surface area contributed by atoms with Crippen molar-refractivity contribution in [2.24, 2.45) is 0 Å². The molecule has 0 unspecified atom stereocenters. The summed E-state index contributed by atoms with van der Waals surface area (Å²) in [5.74, 6) is 2.89. The molecule has 0 saturated carbocycles. The van der Waals surface area contributed by atoms with E-state index in [0.717, 1.165) is 0 Å². The largest absolute Gasteiger partial charge is 0.465 e. The van der Waals surface area contributed by atoms with Crippen LogP contribution in [-0.2, 0) is 0 Å². The molecule has 0 fully saturated rings. The SMILES string of the molecule is C[Si](C)(C)C#Cc1ccc(NC(=O)O)c([N+](=O)[O-])c1. The van der Waals surface area contributed by atoms with Gasteiger partial charge < -0.3 is 5.11 Å². The minimum atomic E-state index is -1.57. The third kappa shape index (κ3) is 4.81. The summed E-state index contributed by atoms with van der Waals surface area (Å²) in [4.78, 5) is 20.8. The summed E-state index contributed by atoms with van der Waals surface area (Å²) in [6.45, 7) is 6.19. The maximum atomic E-state index is 10.9. The van der Waals surface area contributed by atoms with Gasteiger partial charge >= 0.3 is 6.09 Å². The molecule has 0 aliphatic heterocycles. The predicted molar refractivity (Wildman–Crippen MR) is 75.0 cm³/mol. The van der Waals surface area contributed by atoms with E-state index < -0.39 is 19.1 Å². The summed E-state index contributed by atoms with van der Waals surface area (Å²) in [5.41, 5.74) is 3.24. The van der Waals surface area contributed by atoms with Crippen molar-refractivity contribution in [3.05, 3.63) is 33.9 Å². The molecule has 0 atom stereocenters. The van der Waals surface area contributed by atoms with Crippen LogP contribution >= 0.6 is 0 Å². The average molecular weight is 278 g/mol. The second kappa shape index (κ2) is 5.54. The lowest BCUT2D eigenvalue weighted by Crippen LogP contribution is -2.16. The zero-order valence-corrected chi connectivity index (χ0v) is 11.9. The van der Waals surface area contributed by atoms with Crippen molar-refractivity contribution >= 4 is 25.5 Å². The van der Waals surface area contributed by atoms with Gasteiger partial charge in [0.05, 0.1) is 4.92 Å². The van der Waals surface area contributed by atoms with Crippen LogP contribution in [-0.4, -0.2) is 24.2 Å². The van der Waals surface area contributed by atoms with Gasteiger partial charge in [-0.05, 0) is 12.1 Å². The Kier molecular flexibility index (Phi) is 4.29. The molecule has 100 valence electrons. The minimum absolute atomic E-state index is 0.0592. The first-order valence-electron chi connectivity index (χ1n) is 5.50. The molecule has 6 nitrogen and oxygen atoms in total. The van der Waals surface area contributed by atoms with Crippen molar-refractivity contribution in [1.29, 1.82) is 0 Å². The van der Waals surface area contributed by atoms with Crippen molar-refractivity contribution in [3.8, 4) is 11.5 Å². The molecule has 7 heteroatoms. The van der Waals surface area contributed by atoms with Crippen LogP contribution in [0.2, 0.25) is 19.6 Å². The van der Waals surface area contributed by atoms with E-state index in [1.807, 2.05) is 5.32 Å². The molecule has 0 spiro atoms. The Bertz CT molecular complexity index is 582. The van der Waals surface area contributed by atoms with Gasteiger partial charge in [-0.3, -0.25) is 15.4 Å². The number of nitro benzene ring substituents is 1. The van der Waals surface area contributed by atoms with E-state index >= 15 is 0 Å². The maximum absolute atomic E-state index is 10.9. The van der Waals surface area contributed by atoms with Crippen LogP contribution in [0.15, 0.2) is 18.2 Å². The van der Waals surface area contributed by atoms with Crippen LogP contribution in [0.25, 0.3) is 0 Å². The second-order valence-electron chi connectivity index (χ2n) is 4.92. The van der Waals surface area contributed by atoms with Crippen LogP contribution < -0.4 is 5.32 Å². The number of hydrogen-bond donors (Lipinski definition) is 2. The molecule has 1 aromatic rings. The van der Waals surface area contributed by atoms with Crippen molar-refractivity contribution in [1.82, 2.24) is 0 Å². The molecular formula is C12H14N2O4Si. The van der Waals surface area contributed by atoms with Crippen LogP contribution in [0, 0.1) is 21.6 Å². The van der Waals surface area contributed by atoms with Gasteiger partial charge in [-0.2, -0.15) is 0 Å². The number of carbonyl (C=O) groups is 1. The number of nitrogens with one attached hydrogen (secondary N) is 1. The molecular weight excluding hydrogens is 264 g/mol. The highest BCUT2D eigenvalue weighted by molar-refractivity contribution is 6.83. The van der Waals surface area contributed by atoms with E-state index in [2.05, 4.69) is 31.1 Å². The van der Waals surface area contributed by atoms with Crippen molar-refractivity contribution < 1.29 is 14.8 Å². The lowest BCUT2D eigenvalue weighted by molar-refractivity contribution is -0.383. The second-order valence-corrected chi connectivity index (χ2v) is 9.67. The van der Waals surface area contributed by atoms with Crippen LogP contribution in [0.3, 0.4) is 0 Å². The molecule has 2 N–H and O–H groups in total. The lowest BCUT2D eigenvalue weighted by atomic mass is 10.2. The first kappa shape index (κ1) is 14.7. The number of benzene rings is 1. The van der Waals surface area contributed by atoms with Gasteiger partial charge in [-0.15, -0.1) is 5.54 Å². The van der Waals surface area contributed by atoms with Crippen LogP contribution in [0.4, 0.5) is 16.2 Å². The van der Waals surface area contributed by atoms with E-state index in [1.165, 1.54) is 12.1 Å². The highest BCUT2D eigenvalue weighted by Crippen LogP contribution is 2.25. The zero-order valence-electron chi connectivity index (χ0n) is 10.9. The Morgan fingerprint density at radius 3 is 2.53 bits per heavy atom. The predicted octanol–water partition coefficient (Wildman–Crippen LogP) is 2.91. The maximum Gasteiger partial charge on any atom is 0.409 e. The number of nitrogens with zero attached hydrogens (tertiary/aromatic N) is 1. The Morgan fingerprint density at radius 2 is 2.05 bits per heavy atom. The fraction of sp³-hybridized carbons (Fsp3) is 0.250. The van der Waals surface area contributed by atoms with Gasteiger partial charge in [-0.25, -0.2) is 4.79 Å². The Morgan fingerprint density at radius 1 is 1.42 bits per heavy atom. The summed E-state index contributed by atoms with van der Waals surface area (Å²) >= 11 is 0. The van der Waals surface area contributed by atoms with Crippen LogP contribution in [0.1, 0.15) is 5.56 Å². The summed E-state index contributed by atoms with van der Waals surface area (Å²) < 4.78 is 0. The van der Waals surface area contributed by atoms with Crippen molar-refractivity contribution in [2.45, 2.75) is 19.6 Å². The molecule has 0 heterocycles. The molecule has 0 radical (unpaired) electrons. The smallest absolute Gasteiger partial charge is 0.409 e. The van der Waals surface area contributed by atoms with Gasteiger partial charge in [0.25, 0.3) is 5.69 Å². The third-order valence-corrected chi connectivity index (χ3v) is 2.89. The summed E-state index contributed by atoms with van der Waals surface area (Å²) in [6, 6.07) is 4.18. The van der Waals surface area contributed by atoms with Gasteiger partial charge in [0.2, 0.25) is 0 Å². The number of amides is 1. The standard InChI is InChI=1S/C12H14N2O4Si/c1-19(2,3)7-6-9-4-5-10(13-12(15)16)11(8-9)14(17)18/h4-5,8,13H,1-3H3,(H,15,16).